The Morgan fingerprint density at radius 2 is 1.62 bits per heavy atom. The van der Waals surface area contributed by atoms with Gasteiger partial charge in [-0.15, -0.1) is 0 Å². The summed E-state index contributed by atoms with van der Waals surface area (Å²) in [5.74, 6) is -0.222. The number of carbonyl (C=O) groups is 2. The number of rotatable bonds is 6. The Balaban J connectivity index is 1.26. The minimum atomic E-state index is -1.07. The molecule has 34 heavy (non-hydrogen) atoms. The molecule has 2 saturated heterocycles. The molecule has 2 aliphatic heterocycles. The first-order valence-electron chi connectivity index (χ1n) is 12.1. The maximum absolute atomic E-state index is 13.4. The Labute approximate surface area is 201 Å². The maximum Gasteiger partial charge on any atom is 0.326 e. The summed E-state index contributed by atoms with van der Waals surface area (Å²) < 4.78 is 0. The molecule has 1 atom stereocenters. The number of piperidine rings is 1. The highest BCUT2D eigenvalue weighted by molar-refractivity contribution is 6.07. The third-order valence-electron chi connectivity index (χ3n) is 7.09. The van der Waals surface area contributed by atoms with Crippen LogP contribution in [0.5, 0.6) is 0 Å². The van der Waals surface area contributed by atoms with Crippen molar-refractivity contribution in [3.8, 4) is 0 Å². The van der Waals surface area contributed by atoms with E-state index in [1.807, 2.05) is 54.4 Å². The molecule has 5 rings (SSSR count). The predicted octanol–water partition coefficient (Wildman–Crippen LogP) is 4.69. The summed E-state index contributed by atoms with van der Waals surface area (Å²) in [4.78, 5) is 32.0. The molecule has 2 fully saturated rings. The van der Waals surface area contributed by atoms with Gasteiger partial charge in [-0.25, -0.2) is 9.69 Å². The quantitative estimate of drug-likeness (QED) is 0.547. The molecule has 6 nitrogen and oxygen atoms in total. The van der Waals surface area contributed by atoms with Crippen LogP contribution in [0.15, 0.2) is 66.7 Å². The number of hydrogen-bond acceptors (Lipinski definition) is 4. The van der Waals surface area contributed by atoms with E-state index in [0.29, 0.717) is 6.54 Å². The lowest BCUT2D eigenvalue weighted by molar-refractivity contribution is -0.132. The number of benzene rings is 3. The molecule has 1 N–H and O–H groups in total. The van der Waals surface area contributed by atoms with E-state index in [2.05, 4.69) is 34.5 Å². The number of nitrogens with one attached hydrogen (secondary N) is 1. The van der Waals surface area contributed by atoms with Gasteiger partial charge in [0.1, 0.15) is 5.54 Å². The van der Waals surface area contributed by atoms with Crippen molar-refractivity contribution in [3.05, 3.63) is 77.9 Å². The van der Waals surface area contributed by atoms with Gasteiger partial charge in [-0.3, -0.25) is 9.69 Å². The molecule has 3 amide bonds. The molecule has 0 bridgehead atoms. The van der Waals surface area contributed by atoms with E-state index < -0.39 is 5.54 Å². The fourth-order valence-electron chi connectivity index (χ4n) is 5.09. The number of hydrogen-bond donors (Lipinski definition) is 1. The summed E-state index contributed by atoms with van der Waals surface area (Å²) >= 11 is 0. The molecule has 0 radical (unpaired) electrons. The average molecular weight is 457 g/mol. The van der Waals surface area contributed by atoms with E-state index in [1.165, 1.54) is 29.8 Å². The number of nitrogens with zero attached hydrogens (tertiary/aromatic N) is 3. The van der Waals surface area contributed by atoms with Gasteiger partial charge < -0.3 is 10.2 Å². The molecule has 0 spiro atoms. The van der Waals surface area contributed by atoms with Crippen LogP contribution in [0.25, 0.3) is 10.8 Å². The van der Waals surface area contributed by atoms with Crippen molar-refractivity contribution in [1.29, 1.82) is 0 Å². The van der Waals surface area contributed by atoms with Gasteiger partial charge in [-0.2, -0.15) is 0 Å². The Bertz CT molecular complexity index is 1200. The minimum absolute atomic E-state index is 0.222. The number of carbonyl (C=O) groups excluding carboxylic acids is 2. The molecular formula is C28H32N4O2. The predicted molar refractivity (Wildman–Crippen MR) is 136 cm³/mol. The second-order valence-corrected chi connectivity index (χ2v) is 9.72. The van der Waals surface area contributed by atoms with Crippen LogP contribution in [0.4, 0.5) is 10.5 Å². The molecule has 3 aromatic carbocycles. The van der Waals surface area contributed by atoms with Crippen molar-refractivity contribution in [3.63, 3.8) is 0 Å². The lowest BCUT2D eigenvalue weighted by Gasteiger charge is -2.29. The highest BCUT2D eigenvalue weighted by Gasteiger charge is 2.49. The highest BCUT2D eigenvalue weighted by atomic mass is 16.2. The molecule has 0 aromatic heterocycles. The number of fused-ring (bicyclic) bond motifs is 1. The Hall–Kier alpha value is -3.38. The lowest BCUT2D eigenvalue weighted by Crippen LogP contribution is -2.42. The van der Waals surface area contributed by atoms with Crippen LogP contribution in [-0.4, -0.2) is 48.5 Å². The monoisotopic (exact) mass is 456 g/mol. The number of urea groups is 1. The van der Waals surface area contributed by atoms with E-state index in [9.17, 15) is 9.59 Å². The van der Waals surface area contributed by atoms with Gasteiger partial charge in [-0.1, -0.05) is 48.5 Å². The van der Waals surface area contributed by atoms with E-state index in [-0.39, 0.29) is 18.6 Å². The SMILES string of the molecule is CN(Cc1ccc(N2CCCCC2)cc1)CN1C(=O)NC(C)(c2ccc3ccccc3c2)C1=O. The van der Waals surface area contributed by atoms with E-state index in [1.54, 1.807) is 6.92 Å². The third kappa shape index (κ3) is 4.26. The first kappa shape index (κ1) is 22.4. The fraction of sp³-hybridized carbons (Fsp3) is 0.357. The van der Waals surface area contributed by atoms with Gasteiger partial charge in [0.15, 0.2) is 0 Å². The van der Waals surface area contributed by atoms with Crippen molar-refractivity contribution in [2.75, 3.05) is 31.7 Å². The summed E-state index contributed by atoms with van der Waals surface area (Å²) in [6, 6.07) is 22.2. The molecule has 176 valence electrons. The second kappa shape index (κ2) is 9.11. The maximum atomic E-state index is 13.4. The first-order valence-corrected chi connectivity index (χ1v) is 12.1. The smallest absolute Gasteiger partial charge is 0.326 e. The van der Waals surface area contributed by atoms with Crippen LogP contribution < -0.4 is 10.2 Å². The third-order valence-corrected chi connectivity index (χ3v) is 7.09. The summed E-state index contributed by atoms with van der Waals surface area (Å²) in [5, 5.41) is 5.08. The van der Waals surface area contributed by atoms with Crippen molar-refractivity contribution in [2.45, 2.75) is 38.3 Å². The van der Waals surface area contributed by atoms with Crippen molar-refractivity contribution in [1.82, 2.24) is 15.1 Å². The van der Waals surface area contributed by atoms with Gasteiger partial charge in [0.05, 0.1) is 6.67 Å². The molecule has 0 aliphatic carbocycles. The Kier molecular flexibility index (Phi) is 6.00. The zero-order valence-electron chi connectivity index (χ0n) is 20.0. The zero-order chi connectivity index (χ0) is 23.7. The molecular weight excluding hydrogens is 424 g/mol. The van der Waals surface area contributed by atoms with Crippen molar-refractivity contribution < 1.29 is 9.59 Å². The van der Waals surface area contributed by atoms with Crippen LogP contribution in [0.1, 0.15) is 37.3 Å². The Morgan fingerprint density at radius 1 is 0.912 bits per heavy atom. The van der Waals surface area contributed by atoms with Gasteiger partial charge in [0, 0.05) is 25.3 Å². The topological polar surface area (TPSA) is 55.9 Å². The Morgan fingerprint density at radius 3 is 2.35 bits per heavy atom. The van der Waals surface area contributed by atoms with Crippen LogP contribution in [0.3, 0.4) is 0 Å². The summed E-state index contributed by atoms with van der Waals surface area (Å²) in [7, 11) is 1.94. The van der Waals surface area contributed by atoms with Crippen molar-refractivity contribution in [2.24, 2.45) is 0 Å². The number of imide groups is 1. The van der Waals surface area contributed by atoms with Gasteiger partial charge in [0.25, 0.3) is 5.91 Å². The van der Waals surface area contributed by atoms with Gasteiger partial charge >= 0.3 is 6.03 Å². The number of anilines is 1. The lowest BCUT2D eigenvalue weighted by atomic mass is 9.90. The normalized spacial score (nSPS) is 20.9. The standard InChI is InChI=1S/C28H32N4O2/c1-28(24-13-12-22-8-4-5-9-23(22)18-24)26(33)32(27(34)29-28)20-30(2)19-21-10-14-25(15-11-21)31-16-6-3-7-17-31/h4-5,8-15,18H,3,6-7,16-17,19-20H2,1-2H3,(H,29,34). The number of amides is 3. The van der Waals surface area contributed by atoms with Gasteiger partial charge in [0.2, 0.25) is 0 Å². The van der Waals surface area contributed by atoms with E-state index >= 15 is 0 Å². The minimum Gasteiger partial charge on any atom is -0.372 e. The van der Waals surface area contributed by atoms with E-state index in [0.717, 1.165) is 35.0 Å². The van der Waals surface area contributed by atoms with Gasteiger partial charge in [-0.05, 0) is 73.3 Å². The largest absolute Gasteiger partial charge is 0.372 e. The highest BCUT2D eigenvalue weighted by Crippen LogP contribution is 2.31. The van der Waals surface area contributed by atoms with Crippen LogP contribution >= 0.6 is 0 Å². The summed E-state index contributed by atoms with van der Waals surface area (Å²) in [6.07, 6.45) is 3.84. The second-order valence-electron chi connectivity index (χ2n) is 9.72. The average Bonchev–Trinajstić information content (AvgIpc) is 3.08. The molecule has 1 unspecified atom stereocenters. The summed E-state index contributed by atoms with van der Waals surface area (Å²) in [6.45, 7) is 4.94. The van der Waals surface area contributed by atoms with Crippen LogP contribution in [-0.2, 0) is 16.9 Å². The molecule has 2 aliphatic rings. The zero-order valence-corrected chi connectivity index (χ0v) is 20.0. The van der Waals surface area contributed by atoms with E-state index in [4.69, 9.17) is 0 Å². The molecule has 0 saturated carbocycles. The molecule has 6 heteroatoms. The van der Waals surface area contributed by atoms with Crippen LogP contribution in [0, 0.1) is 0 Å². The fourth-order valence-corrected chi connectivity index (χ4v) is 5.09. The molecule has 3 aromatic rings. The van der Waals surface area contributed by atoms with Crippen LogP contribution in [0.2, 0.25) is 0 Å². The summed E-state index contributed by atoms with van der Waals surface area (Å²) in [5.41, 5.74) is 2.15. The van der Waals surface area contributed by atoms with Crippen molar-refractivity contribution >= 4 is 28.4 Å². The first-order chi connectivity index (χ1) is 16.4. The molecule has 2 heterocycles.